The van der Waals surface area contributed by atoms with E-state index in [1.54, 1.807) is 0 Å². The Balaban J connectivity index is 1.63. The van der Waals surface area contributed by atoms with Gasteiger partial charge in [0.05, 0.1) is 16.8 Å². The molecule has 5 nitrogen and oxygen atoms in total. The third kappa shape index (κ3) is 4.37. The number of carbonyl (C=O) groups excluding carboxylic acids is 2. The number of nitrogens with zero attached hydrogens (tertiary/aromatic N) is 1. The van der Waals surface area contributed by atoms with Crippen molar-refractivity contribution in [2.75, 3.05) is 11.9 Å². The van der Waals surface area contributed by atoms with E-state index in [9.17, 15) is 9.59 Å². The van der Waals surface area contributed by atoms with Crippen LogP contribution in [0.5, 0.6) is 0 Å². The van der Waals surface area contributed by atoms with E-state index in [2.05, 4.69) is 5.32 Å². The fourth-order valence-corrected chi connectivity index (χ4v) is 3.67. The highest BCUT2D eigenvalue weighted by molar-refractivity contribution is 6.07. The fourth-order valence-electron chi connectivity index (χ4n) is 3.67. The summed E-state index contributed by atoms with van der Waals surface area (Å²) in [7, 11) is 0. The minimum absolute atomic E-state index is 0.372. The first-order chi connectivity index (χ1) is 15.4. The van der Waals surface area contributed by atoms with E-state index in [-0.39, 0.29) is 12.5 Å². The second-order valence-electron chi connectivity index (χ2n) is 7.78. The smallest absolute Gasteiger partial charge is 0.339 e. The molecule has 0 unspecified atom stereocenters. The van der Waals surface area contributed by atoms with E-state index in [0.717, 1.165) is 27.9 Å². The van der Waals surface area contributed by atoms with Gasteiger partial charge in [-0.05, 0) is 44.0 Å². The number of pyridine rings is 1. The van der Waals surface area contributed by atoms with Gasteiger partial charge in [0.2, 0.25) is 0 Å². The molecular weight excluding hydrogens is 400 g/mol. The predicted molar refractivity (Wildman–Crippen MR) is 127 cm³/mol. The lowest BCUT2D eigenvalue weighted by molar-refractivity contribution is -0.119. The van der Waals surface area contributed by atoms with Gasteiger partial charge in [-0.1, -0.05) is 66.2 Å². The third-order valence-corrected chi connectivity index (χ3v) is 5.42. The monoisotopic (exact) mass is 424 g/mol. The summed E-state index contributed by atoms with van der Waals surface area (Å²) in [5, 5.41) is 3.48. The van der Waals surface area contributed by atoms with E-state index in [1.807, 2.05) is 93.6 Å². The van der Waals surface area contributed by atoms with Crippen molar-refractivity contribution in [1.29, 1.82) is 0 Å². The second-order valence-corrected chi connectivity index (χ2v) is 7.78. The maximum absolute atomic E-state index is 13.1. The lowest BCUT2D eigenvalue weighted by atomic mass is 9.97. The Bertz CT molecular complexity index is 1310. The highest BCUT2D eigenvalue weighted by Gasteiger charge is 2.21. The minimum atomic E-state index is -0.547. The molecule has 4 aromatic rings. The predicted octanol–water partition coefficient (Wildman–Crippen LogP) is 5.62. The van der Waals surface area contributed by atoms with E-state index >= 15 is 0 Å². The number of aromatic nitrogens is 1. The first kappa shape index (κ1) is 21.2. The van der Waals surface area contributed by atoms with E-state index in [0.29, 0.717) is 22.2 Å². The number of anilines is 1. The number of hydrogen-bond acceptors (Lipinski definition) is 4. The van der Waals surface area contributed by atoms with Crippen molar-refractivity contribution in [3.8, 4) is 11.3 Å². The molecule has 4 rings (SSSR count). The Labute approximate surface area is 187 Å². The van der Waals surface area contributed by atoms with Gasteiger partial charge in [-0.2, -0.15) is 0 Å². The largest absolute Gasteiger partial charge is 0.452 e. The van der Waals surface area contributed by atoms with Gasteiger partial charge in [-0.15, -0.1) is 0 Å². The van der Waals surface area contributed by atoms with Crippen LogP contribution in [0.4, 0.5) is 5.69 Å². The quantitative estimate of drug-likeness (QED) is 0.422. The summed E-state index contributed by atoms with van der Waals surface area (Å²) < 4.78 is 5.42. The molecule has 0 aliphatic carbocycles. The number of para-hydroxylation sites is 2. The first-order valence-corrected chi connectivity index (χ1v) is 10.4. The number of nitrogens with one attached hydrogen (secondary N) is 1. The number of amides is 1. The van der Waals surface area contributed by atoms with Crippen LogP contribution in [0, 0.1) is 20.8 Å². The molecule has 0 saturated carbocycles. The lowest BCUT2D eigenvalue weighted by Gasteiger charge is -2.14. The zero-order chi connectivity index (χ0) is 22.7. The van der Waals surface area contributed by atoms with E-state index < -0.39 is 5.97 Å². The maximum Gasteiger partial charge on any atom is 0.339 e. The van der Waals surface area contributed by atoms with Crippen LogP contribution in [0.15, 0.2) is 72.8 Å². The summed E-state index contributed by atoms with van der Waals surface area (Å²) in [6.07, 6.45) is 0. The van der Waals surface area contributed by atoms with E-state index in [4.69, 9.17) is 9.72 Å². The highest BCUT2D eigenvalue weighted by Crippen LogP contribution is 2.30. The number of benzene rings is 3. The molecule has 0 aliphatic heterocycles. The molecule has 0 spiro atoms. The number of hydrogen-bond donors (Lipinski definition) is 1. The summed E-state index contributed by atoms with van der Waals surface area (Å²) in [6.45, 7) is 5.41. The molecule has 0 fully saturated rings. The van der Waals surface area contributed by atoms with E-state index in [1.165, 1.54) is 0 Å². The van der Waals surface area contributed by atoms with Crippen LogP contribution in [-0.2, 0) is 9.53 Å². The van der Waals surface area contributed by atoms with Crippen LogP contribution in [0.2, 0.25) is 0 Å². The van der Waals surface area contributed by atoms with Crippen molar-refractivity contribution in [3.05, 3.63) is 95.1 Å². The fraction of sp³-hybridized carbons (Fsp3) is 0.148. The number of aryl methyl sites for hydroxylation is 2. The number of rotatable bonds is 5. The van der Waals surface area contributed by atoms with Crippen LogP contribution in [0.25, 0.3) is 22.2 Å². The van der Waals surface area contributed by atoms with Crippen LogP contribution in [0.1, 0.15) is 27.0 Å². The highest BCUT2D eigenvalue weighted by atomic mass is 16.5. The van der Waals surface area contributed by atoms with Gasteiger partial charge < -0.3 is 10.1 Å². The molecule has 32 heavy (non-hydrogen) atoms. The molecule has 5 heteroatoms. The van der Waals surface area contributed by atoms with Crippen LogP contribution < -0.4 is 5.32 Å². The average molecular weight is 425 g/mol. The number of esters is 1. The number of fused-ring (bicyclic) bond motifs is 1. The molecule has 3 aromatic carbocycles. The van der Waals surface area contributed by atoms with Gasteiger partial charge in [0.25, 0.3) is 5.91 Å². The van der Waals surface area contributed by atoms with Gasteiger partial charge in [0.1, 0.15) is 0 Å². The Kier molecular flexibility index (Phi) is 5.99. The van der Waals surface area contributed by atoms with Crippen molar-refractivity contribution in [1.82, 2.24) is 4.98 Å². The van der Waals surface area contributed by atoms with Gasteiger partial charge in [-0.3, -0.25) is 4.79 Å². The molecule has 160 valence electrons. The van der Waals surface area contributed by atoms with Gasteiger partial charge in [0.15, 0.2) is 6.61 Å². The molecule has 1 amide bonds. The molecule has 0 radical (unpaired) electrons. The van der Waals surface area contributed by atoms with Crippen LogP contribution in [-0.4, -0.2) is 23.5 Å². The molecule has 1 heterocycles. The van der Waals surface area contributed by atoms with Crippen molar-refractivity contribution < 1.29 is 14.3 Å². The summed E-state index contributed by atoms with van der Waals surface area (Å²) in [6, 6.07) is 22.9. The van der Waals surface area contributed by atoms with Crippen molar-refractivity contribution in [3.63, 3.8) is 0 Å². The topological polar surface area (TPSA) is 68.3 Å². The molecule has 0 bridgehead atoms. The first-order valence-electron chi connectivity index (χ1n) is 10.4. The number of ether oxygens (including phenoxy) is 1. The SMILES string of the molecule is Cc1ccc(-c2nc3ccccc3c(C(=O)OCC(=O)Nc3ccccc3C)c2C)cc1. The molecule has 1 N–H and O–H groups in total. The Morgan fingerprint density at radius 2 is 1.56 bits per heavy atom. The molecule has 0 atom stereocenters. The van der Waals surface area contributed by atoms with Gasteiger partial charge >= 0.3 is 5.97 Å². The normalized spacial score (nSPS) is 10.7. The summed E-state index contributed by atoms with van der Waals surface area (Å²) >= 11 is 0. The van der Waals surface area contributed by atoms with Gasteiger partial charge in [0, 0.05) is 16.6 Å². The van der Waals surface area contributed by atoms with Crippen molar-refractivity contribution in [2.45, 2.75) is 20.8 Å². The average Bonchev–Trinajstić information content (AvgIpc) is 2.79. The Hall–Kier alpha value is -3.99. The van der Waals surface area contributed by atoms with Crippen molar-refractivity contribution in [2.24, 2.45) is 0 Å². The van der Waals surface area contributed by atoms with Crippen molar-refractivity contribution >= 4 is 28.5 Å². The van der Waals surface area contributed by atoms with Crippen LogP contribution in [0.3, 0.4) is 0 Å². The molecule has 1 aromatic heterocycles. The zero-order valence-corrected chi connectivity index (χ0v) is 18.3. The summed E-state index contributed by atoms with van der Waals surface area (Å²) in [5.41, 5.74) is 6.26. The summed E-state index contributed by atoms with van der Waals surface area (Å²) in [4.78, 5) is 30.3. The Morgan fingerprint density at radius 1 is 0.875 bits per heavy atom. The molecule has 0 saturated heterocycles. The molecule has 0 aliphatic rings. The second kappa shape index (κ2) is 9.02. The Morgan fingerprint density at radius 3 is 2.31 bits per heavy atom. The minimum Gasteiger partial charge on any atom is -0.452 e. The van der Waals surface area contributed by atoms with Crippen LogP contribution >= 0.6 is 0 Å². The summed E-state index contributed by atoms with van der Waals surface area (Å²) in [5.74, 6) is -0.934. The molecular formula is C27H24N2O3. The lowest BCUT2D eigenvalue weighted by Crippen LogP contribution is -2.22. The van der Waals surface area contributed by atoms with Gasteiger partial charge in [-0.25, -0.2) is 9.78 Å². The maximum atomic E-state index is 13.1. The standard InChI is InChI=1S/C27H24N2O3/c1-17-12-14-20(15-13-17)26-19(3)25(21-9-5-7-11-23(21)29-26)27(31)32-16-24(30)28-22-10-6-4-8-18(22)2/h4-15H,16H2,1-3H3,(H,28,30). The number of carbonyl (C=O) groups is 2. The third-order valence-electron chi connectivity index (χ3n) is 5.42. The zero-order valence-electron chi connectivity index (χ0n) is 18.3.